The van der Waals surface area contributed by atoms with Crippen molar-refractivity contribution in [3.8, 4) is 10.4 Å². The first-order chi connectivity index (χ1) is 14.2. The second-order valence-electron chi connectivity index (χ2n) is 7.43. The van der Waals surface area contributed by atoms with Crippen molar-refractivity contribution >= 4 is 17.2 Å². The Labute approximate surface area is 176 Å². The van der Waals surface area contributed by atoms with Gasteiger partial charge in [-0.05, 0) is 37.3 Å². The summed E-state index contributed by atoms with van der Waals surface area (Å²) in [5, 5.41) is 0.918. The van der Waals surface area contributed by atoms with Crippen LogP contribution < -0.4 is 0 Å². The standard InChI is InChI=1S/C24H26N2O2S/c1-18-25-22(23(29-18)20-12-6-3-7-13-20)24(27)26-15-9-8-14-21(26)17-28-16-19-10-4-2-5-11-19/h2-7,10-13,21H,8-9,14-17H2,1H3. The fourth-order valence-corrected chi connectivity index (χ4v) is 4.74. The molecule has 1 fully saturated rings. The van der Waals surface area contributed by atoms with Gasteiger partial charge in [-0.1, -0.05) is 60.7 Å². The number of nitrogens with zero attached hydrogens (tertiary/aromatic N) is 2. The van der Waals surface area contributed by atoms with Crippen molar-refractivity contribution in [2.75, 3.05) is 13.2 Å². The van der Waals surface area contributed by atoms with E-state index in [1.165, 1.54) is 0 Å². The van der Waals surface area contributed by atoms with Crippen molar-refractivity contribution < 1.29 is 9.53 Å². The number of hydrogen-bond acceptors (Lipinski definition) is 4. The topological polar surface area (TPSA) is 42.4 Å². The van der Waals surface area contributed by atoms with Crippen LogP contribution in [0.4, 0.5) is 0 Å². The van der Waals surface area contributed by atoms with E-state index in [0.717, 1.165) is 46.8 Å². The molecule has 0 N–H and O–H groups in total. The van der Waals surface area contributed by atoms with Crippen molar-refractivity contribution in [2.24, 2.45) is 0 Å². The molecule has 0 saturated carbocycles. The highest BCUT2D eigenvalue weighted by Crippen LogP contribution is 2.32. The summed E-state index contributed by atoms with van der Waals surface area (Å²) < 4.78 is 5.98. The molecule has 1 atom stereocenters. The molecule has 2 heterocycles. The van der Waals surface area contributed by atoms with E-state index in [4.69, 9.17) is 4.74 Å². The number of carbonyl (C=O) groups is 1. The fourth-order valence-electron chi connectivity index (χ4n) is 3.82. The van der Waals surface area contributed by atoms with Crippen molar-refractivity contribution in [2.45, 2.75) is 38.8 Å². The van der Waals surface area contributed by atoms with Crippen LogP contribution in [0.3, 0.4) is 0 Å². The summed E-state index contributed by atoms with van der Waals surface area (Å²) >= 11 is 1.59. The van der Waals surface area contributed by atoms with Crippen molar-refractivity contribution in [1.82, 2.24) is 9.88 Å². The third kappa shape index (κ3) is 4.74. The molecule has 0 bridgehead atoms. The third-order valence-electron chi connectivity index (χ3n) is 5.28. The van der Waals surface area contributed by atoms with E-state index >= 15 is 0 Å². The number of likely N-dealkylation sites (tertiary alicyclic amines) is 1. The molecule has 1 aliphatic rings. The first-order valence-corrected chi connectivity index (χ1v) is 11.0. The van der Waals surface area contributed by atoms with E-state index in [0.29, 0.717) is 18.9 Å². The number of hydrogen-bond donors (Lipinski definition) is 0. The van der Waals surface area contributed by atoms with Crippen molar-refractivity contribution in [3.05, 3.63) is 76.9 Å². The van der Waals surface area contributed by atoms with Gasteiger partial charge < -0.3 is 9.64 Å². The zero-order valence-electron chi connectivity index (χ0n) is 16.7. The Hall–Kier alpha value is -2.50. The molecule has 5 heteroatoms. The normalized spacial score (nSPS) is 16.7. The smallest absolute Gasteiger partial charge is 0.274 e. The summed E-state index contributed by atoms with van der Waals surface area (Å²) in [5.41, 5.74) is 2.78. The van der Waals surface area contributed by atoms with Gasteiger partial charge in [-0.15, -0.1) is 11.3 Å². The van der Waals surface area contributed by atoms with Crippen LogP contribution in [0.2, 0.25) is 0 Å². The average molecular weight is 407 g/mol. The Kier molecular flexibility index (Phi) is 6.37. The molecule has 4 rings (SSSR count). The fraction of sp³-hybridized carbons (Fsp3) is 0.333. The van der Waals surface area contributed by atoms with Crippen LogP contribution >= 0.6 is 11.3 Å². The van der Waals surface area contributed by atoms with Crippen molar-refractivity contribution in [3.63, 3.8) is 0 Å². The summed E-state index contributed by atoms with van der Waals surface area (Å²) in [6.07, 6.45) is 3.14. The molecule has 3 aromatic rings. The van der Waals surface area contributed by atoms with E-state index in [2.05, 4.69) is 17.1 Å². The number of ether oxygens (including phenoxy) is 1. The Morgan fingerprint density at radius 3 is 2.59 bits per heavy atom. The molecule has 1 amide bonds. The second-order valence-corrected chi connectivity index (χ2v) is 8.63. The summed E-state index contributed by atoms with van der Waals surface area (Å²) in [6.45, 7) is 3.86. The number of piperidine rings is 1. The molecule has 0 radical (unpaired) electrons. The number of aromatic nitrogens is 1. The molecule has 29 heavy (non-hydrogen) atoms. The van der Waals surface area contributed by atoms with Crippen LogP contribution in [0.25, 0.3) is 10.4 Å². The van der Waals surface area contributed by atoms with E-state index in [9.17, 15) is 4.79 Å². The number of aryl methyl sites for hydroxylation is 1. The highest BCUT2D eigenvalue weighted by Gasteiger charge is 2.31. The molecular formula is C24H26N2O2S. The molecule has 1 saturated heterocycles. The van der Waals surface area contributed by atoms with E-state index in [1.54, 1.807) is 11.3 Å². The summed E-state index contributed by atoms with van der Waals surface area (Å²) in [6, 6.07) is 20.3. The largest absolute Gasteiger partial charge is 0.375 e. The van der Waals surface area contributed by atoms with Gasteiger partial charge in [-0.2, -0.15) is 0 Å². The molecule has 1 unspecified atom stereocenters. The lowest BCUT2D eigenvalue weighted by Crippen LogP contribution is -2.46. The maximum atomic E-state index is 13.5. The zero-order chi connectivity index (χ0) is 20.1. The quantitative estimate of drug-likeness (QED) is 0.556. The van der Waals surface area contributed by atoms with Crippen LogP contribution in [0, 0.1) is 6.92 Å². The first kappa shape index (κ1) is 19.8. The van der Waals surface area contributed by atoms with Gasteiger partial charge in [-0.3, -0.25) is 4.79 Å². The van der Waals surface area contributed by atoms with Gasteiger partial charge in [0.15, 0.2) is 0 Å². The highest BCUT2D eigenvalue weighted by atomic mass is 32.1. The number of benzene rings is 2. The van der Waals surface area contributed by atoms with Crippen LogP contribution in [0.1, 0.15) is 40.3 Å². The van der Waals surface area contributed by atoms with Gasteiger partial charge in [0, 0.05) is 6.54 Å². The SMILES string of the molecule is Cc1nc(C(=O)N2CCCCC2COCc2ccccc2)c(-c2ccccc2)s1. The summed E-state index contributed by atoms with van der Waals surface area (Å²) in [5.74, 6) is 0.0289. The van der Waals surface area contributed by atoms with Crippen LogP contribution in [-0.4, -0.2) is 35.0 Å². The molecule has 1 aliphatic heterocycles. The minimum Gasteiger partial charge on any atom is -0.375 e. The van der Waals surface area contributed by atoms with E-state index in [-0.39, 0.29) is 11.9 Å². The Morgan fingerprint density at radius 1 is 1.10 bits per heavy atom. The Morgan fingerprint density at radius 2 is 1.83 bits per heavy atom. The second kappa shape index (κ2) is 9.33. The zero-order valence-corrected chi connectivity index (χ0v) is 17.5. The molecule has 4 nitrogen and oxygen atoms in total. The predicted octanol–water partition coefficient (Wildman–Crippen LogP) is 5.33. The maximum Gasteiger partial charge on any atom is 0.274 e. The first-order valence-electron chi connectivity index (χ1n) is 10.2. The summed E-state index contributed by atoms with van der Waals surface area (Å²) in [4.78, 5) is 21.0. The molecule has 1 aromatic heterocycles. The minimum absolute atomic E-state index is 0.0289. The third-order valence-corrected chi connectivity index (χ3v) is 6.30. The molecule has 150 valence electrons. The molecule has 0 aliphatic carbocycles. The van der Waals surface area contributed by atoms with Gasteiger partial charge in [0.25, 0.3) is 5.91 Å². The van der Waals surface area contributed by atoms with E-state index in [1.807, 2.05) is 60.4 Å². The highest BCUT2D eigenvalue weighted by molar-refractivity contribution is 7.15. The van der Waals surface area contributed by atoms with Crippen LogP contribution in [0.5, 0.6) is 0 Å². The lowest BCUT2D eigenvalue weighted by Gasteiger charge is -2.35. The summed E-state index contributed by atoms with van der Waals surface area (Å²) in [7, 11) is 0. The lowest BCUT2D eigenvalue weighted by molar-refractivity contribution is 0.0267. The molecular weight excluding hydrogens is 380 g/mol. The Balaban J connectivity index is 1.49. The molecule has 2 aromatic carbocycles. The average Bonchev–Trinajstić information content (AvgIpc) is 3.17. The van der Waals surface area contributed by atoms with Gasteiger partial charge >= 0.3 is 0 Å². The van der Waals surface area contributed by atoms with Gasteiger partial charge in [0.2, 0.25) is 0 Å². The number of rotatable bonds is 6. The van der Waals surface area contributed by atoms with Gasteiger partial charge in [0.05, 0.1) is 29.1 Å². The number of thiazole rings is 1. The predicted molar refractivity (Wildman–Crippen MR) is 117 cm³/mol. The van der Waals surface area contributed by atoms with Crippen LogP contribution in [-0.2, 0) is 11.3 Å². The maximum absolute atomic E-state index is 13.5. The molecule has 0 spiro atoms. The monoisotopic (exact) mass is 406 g/mol. The van der Waals surface area contributed by atoms with Gasteiger partial charge in [-0.25, -0.2) is 4.98 Å². The Bertz CT molecular complexity index is 940. The van der Waals surface area contributed by atoms with E-state index < -0.39 is 0 Å². The van der Waals surface area contributed by atoms with Crippen molar-refractivity contribution in [1.29, 1.82) is 0 Å². The van der Waals surface area contributed by atoms with Crippen LogP contribution in [0.15, 0.2) is 60.7 Å². The minimum atomic E-state index is 0.0289. The number of amides is 1. The lowest BCUT2D eigenvalue weighted by atomic mass is 10.0. The number of carbonyl (C=O) groups excluding carboxylic acids is 1. The van der Waals surface area contributed by atoms with Gasteiger partial charge in [0.1, 0.15) is 5.69 Å².